The summed E-state index contributed by atoms with van der Waals surface area (Å²) in [5.41, 5.74) is 7.42. The van der Waals surface area contributed by atoms with Crippen LogP contribution in [0.5, 0.6) is 0 Å². The number of fused-ring (bicyclic) bond motifs is 1. The average Bonchev–Trinajstić information content (AvgIpc) is 3.53. The van der Waals surface area contributed by atoms with Crippen LogP contribution in [0.2, 0.25) is 0 Å². The van der Waals surface area contributed by atoms with Gasteiger partial charge in [0.15, 0.2) is 15.5 Å². The number of rotatable bonds is 7. The summed E-state index contributed by atoms with van der Waals surface area (Å²) in [6.07, 6.45) is 6.26. The molecule has 12 heteroatoms. The highest BCUT2D eigenvalue weighted by atomic mass is 32.2. The van der Waals surface area contributed by atoms with E-state index in [1.807, 2.05) is 45.2 Å². The molecule has 218 valence electrons. The molecule has 5 aromatic rings. The van der Waals surface area contributed by atoms with Crippen LogP contribution in [0.15, 0.2) is 40.7 Å². The third kappa shape index (κ3) is 5.66. The number of aromatic nitrogens is 6. The minimum Gasteiger partial charge on any atom is -0.358 e. The fourth-order valence-electron chi connectivity index (χ4n) is 5.24. The molecule has 6 rings (SSSR count). The molecule has 1 unspecified atom stereocenters. The lowest BCUT2D eigenvalue weighted by Crippen LogP contribution is -2.19. The van der Waals surface area contributed by atoms with E-state index >= 15 is 0 Å². The van der Waals surface area contributed by atoms with Crippen molar-refractivity contribution in [1.29, 1.82) is 0 Å². The van der Waals surface area contributed by atoms with E-state index in [9.17, 15) is 8.42 Å². The molecule has 1 aliphatic heterocycles. The number of hydrogen-bond donors (Lipinski definition) is 1. The van der Waals surface area contributed by atoms with E-state index in [0.29, 0.717) is 35.6 Å². The number of thiazole rings is 1. The summed E-state index contributed by atoms with van der Waals surface area (Å²) in [6.45, 7) is 8.44. The second-order valence-electron chi connectivity index (χ2n) is 10.8. The number of anilines is 2. The third-order valence-corrected chi connectivity index (χ3v) is 9.59. The lowest BCUT2D eigenvalue weighted by molar-refractivity contribution is -0.0309. The molecular formula is C30H33N7O3S2. The van der Waals surface area contributed by atoms with Gasteiger partial charge in [0, 0.05) is 42.1 Å². The molecule has 1 atom stereocenters. The van der Waals surface area contributed by atoms with E-state index in [2.05, 4.69) is 19.9 Å². The Morgan fingerprint density at radius 2 is 1.83 bits per heavy atom. The van der Waals surface area contributed by atoms with Crippen molar-refractivity contribution in [2.24, 2.45) is 0 Å². The van der Waals surface area contributed by atoms with Crippen molar-refractivity contribution >= 4 is 43.7 Å². The Kier molecular flexibility index (Phi) is 7.54. The number of nitrogens with one attached hydrogen (secondary N) is 1. The Hall–Kier alpha value is -3.74. The van der Waals surface area contributed by atoms with Crippen LogP contribution in [0.1, 0.15) is 59.8 Å². The van der Waals surface area contributed by atoms with Crippen LogP contribution in [0.3, 0.4) is 0 Å². The third-order valence-electron chi connectivity index (χ3n) is 7.44. The first-order chi connectivity index (χ1) is 20.1. The second kappa shape index (κ2) is 11.2. The first kappa shape index (κ1) is 28.4. The normalized spacial score (nSPS) is 15.8. The number of imidazole rings is 1. The molecule has 5 heterocycles. The molecular weight excluding hydrogens is 571 g/mol. The van der Waals surface area contributed by atoms with Gasteiger partial charge in [0.05, 0.1) is 39.0 Å². The molecule has 0 saturated carbocycles. The molecule has 0 aliphatic carbocycles. The lowest BCUT2D eigenvalue weighted by Gasteiger charge is -2.25. The summed E-state index contributed by atoms with van der Waals surface area (Å²) in [6, 6.07) is 7.28. The van der Waals surface area contributed by atoms with E-state index in [1.165, 1.54) is 17.6 Å². The smallest absolute Gasteiger partial charge is 0.177 e. The van der Waals surface area contributed by atoms with Crippen LogP contribution < -0.4 is 5.32 Å². The Morgan fingerprint density at radius 1 is 1.00 bits per heavy atom. The van der Waals surface area contributed by atoms with Crippen LogP contribution in [-0.4, -0.2) is 50.8 Å². The number of sulfone groups is 1. The van der Waals surface area contributed by atoms with Crippen molar-refractivity contribution in [3.63, 3.8) is 0 Å². The lowest BCUT2D eigenvalue weighted by atomic mass is 10.1. The van der Waals surface area contributed by atoms with Crippen molar-refractivity contribution < 1.29 is 13.2 Å². The van der Waals surface area contributed by atoms with Gasteiger partial charge in [0.1, 0.15) is 22.6 Å². The van der Waals surface area contributed by atoms with Crippen molar-refractivity contribution in [3.05, 3.63) is 70.1 Å². The molecule has 1 saturated heterocycles. The molecule has 0 amide bonds. The number of pyridine rings is 1. The summed E-state index contributed by atoms with van der Waals surface area (Å²) in [7, 11) is -3.58. The maximum Gasteiger partial charge on any atom is 0.177 e. The number of nitrogens with zero attached hydrogens (tertiary/aromatic N) is 6. The van der Waals surface area contributed by atoms with Gasteiger partial charge in [-0.3, -0.25) is 14.5 Å². The molecule has 1 fully saturated rings. The first-order valence-corrected chi connectivity index (χ1v) is 16.7. The highest BCUT2D eigenvalue weighted by Gasteiger charge is 2.25. The Balaban J connectivity index is 1.48. The standard InChI is InChI=1S/C30H33N7O3S2/c1-17-16-41-30(32-17)21-9-10-24(26(12-21)42(5,38)39)36-25-14-22(13-23-15-31-18(2)19(3)33-23)35-29-28(25)34-20(4)37(29)27-8-6-7-11-40-27/h9-10,12,14-16,27H,6-8,11,13H2,1-5H3,(H,35,36). The monoisotopic (exact) mass is 603 g/mol. The summed E-state index contributed by atoms with van der Waals surface area (Å²) in [5, 5.41) is 6.13. The second-order valence-corrected chi connectivity index (χ2v) is 13.6. The molecule has 10 nitrogen and oxygen atoms in total. The zero-order valence-electron chi connectivity index (χ0n) is 24.3. The Morgan fingerprint density at radius 3 is 2.52 bits per heavy atom. The molecule has 0 spiro atoms. The SMILES string of the molecule is Cc1csc(-c2ccc(Nc3cc(Cc4cnc(C)c(C)n4)nc4c3nc(C)n4C3CCCCO3)c(S(C)(=O)=O)c2)n1. The molecule has 0 radical (unpaired) electrons. The molecule has 1 aromatic carbocycles. The summed E-state index contributed by atoms with van der Waals surface area (Å²) >= 11 is 1.49. The van der Waals surface area contributed by atoms with Gasteiger partial charge >= 0.3 is 0 Å². The molecule has 1 aliphatic rings. The topological polar surface area (TPSA) is 125 Å². The quantitative estimate of drug-likeness (QED) is 0.238. The van der Waals surface area contributed by atoms with Crippen molar-refractivity contribution in [2.75, 3.05) is 18.2 Å². The van der Waals surface area contributed by atoms with E-state index in [-0.39, 0.29) is 11.1 Å². The van der Waals surface area contributed by atoms with E-state index in [1.54, 1.807) is 18.3 Å². The minimum atomic E-state index is -3.58. The van der Waals surface area contributed by atoms with Crippen LogP contribution in [0.4, 0.5) is 11.4 Å². The van der Waals surface area contributed by atoms with Crippen molar-refractivity contribution in [2.45, 2.75) is 64.5 Å². The molecule has 4 aromatic heterocycles. The zero-order chi connectivity index (χ0) is 29.6. The van der Waals surface area contributed by atoms with Gasteiger partial charge in [0.25, 0.3) is 0 Å². The largest absolute Gasteiger partial charge is 0.358 e. The maximum absolute atomic E-state index is 13.0. The van der Waals surface area contributed by atoms with Gasteiger partial charge < -0.3 is 10.1 Å². The maximum atomic E-state index is 13.0. The number of aryl methyl sites for hydroxylation is 4. The van der Waals surface area contributed by atoms with Crippen LogP contribution in [0.25, 0.3) is 21.7 Å². The zero-order valence-corrected chi connectivity index (χ0v) is 25.9. The van der Waals surface area contributed by atoms with Crippen LogP contribution >= 0.6 is 11.3 Å². The molecule has 0 bridgehead atoms. The molecule has 1 N–H and O–H groups in total. The van der Waals surface area contributed by atoms with Crippen molar-refractivity contribution in [3.8, 4) is 10.6 Å². The predicted octanol–water partition coefficient (Wildman–Crippen LogP) is 6.02. The number of benzene rings is 1. The van der Waals surface area contributed by atoms with Gasteiger partial charge in [0.2, 0.25) is 0 Å². The summed E-state index contributed by atoms with van der Waals surface area (Å²) in [5.74, 6) is 0.786. The van der Waals surface area contributed by atoms with Gasteiger partial charge in [-0.05, 0) is 71.2 Å². The van der Waals surface area contributed by atoms with Crippen LogP contribution in [0, 0.1) is 27.7 Å². The summed E-state index contributed by atoms with van der Waals surface area (Å²) in [4.78, 5) is 23.8. The highest BCUT2D eigenvalue weighted by Crippen LogP contribution is 2.36. The van der Waals surface area contributed by atoms with Crippen molar-refractivity contribution in [1.82, 2.24) is 29.5 Å². The van der Waals surface area contributed by atoms with Crippen LogP contribution in [-0.2, 0) is 21.0 Å². The average molecular weight is 604 g/mol. The Labute approximate surface area is 249 Å². The highest BCUT2D eigenvalue weighted by molar-refractivity contribution is 7.90. The number of ether oxygens (including phenoxy) is 1. The number of hydrogen-bond acceptors (Lipinski definition) is 10. The van der Waals surface area contributed by atoms with E-state index in [0.717, 1.165) is 64.1 Å². The molecule has 42 heavy (non-hydrogen) atoms. The fraction of sp³-hybridized carbons (Fsp3) is 0.367. The van der Waals surface area contributed by atoms with E-state index < -0.39 is 9.84 Å². The predicted molar refractivity (Wildman–Crippen MR) is 164 cm³/mol. The fourth-order valence-corrected chi connectivity index (χ4v) is 6.89. The van der Waals surface area contributed by atoms with Gasteiger partial charge in [-0.15, -0.1) is 11.3 Å². The minimum absolute atomic E-state index is 0.159. The van der Waals surface area contributed by atoms with Gasteiger partial charge in [-0.2, -0.15) is 0 Å². The van der Waals surface area contributed by atoms with Gasteiger partial charge in [-0.25, -0.2) is 23.4 Å². The summed E-state index contributed by atoms with van der Waals surface area (Å²) < 4.78 is 34.2. The van der Waals surface area contributed by atoms with E-state index in [4.69, 9.17) is 19.7 Å². The Bertz CT molecular complexity index is 1910. The first-order valence-electron chi connectivity index (χ1n) is 13.9. The van der Waals surface area contributed by atoms with Gasteiger partial charge in [-0.1, -0.05) is 0 Å².